The van der Waals surface area contributed by atoms with E-state index >= 15 is 0 Å². The standard InChI is InChI=1S/C46H76N2O40/c47-13-17(58)15(56)11(4-51)78-39(13)76-5-10(55)28-23(64)24(65)35(86-42-26(67)20(61)22(63)34(85-42)38(71)72)44(80-28)83-32-27(68)43(81-29-7(52)1-46(75,45(73)74)88-31(29)9(54)3-50)82-30(8(53)2-49)36(32)87-41-25(66)19(60)16(57)12(79-41)6-77-40-14(48)18(59)21(62)33(84-40)37(69)70/h7-36,39-44,49-68,75H,1-6,47-48H2,(H,69,70)(H,71,72)(H,73,74)/t7-,8?,9?,10?,11?,12?,13?,14?,15-,16-,17-,18-,19+,20+,21-,22+,23+,24+,25?,26?,27+,28?,29+,30?,31?,32?,33?,34?,35?,36+,39-,40-,41+,42+,43+,44-,46-/m1/s1. The summed E-state index contributed by atoms with van der Waals surface area (Å²) in [5.41, 5.74) is 11.9. The number of carboxylic acids is 3. The Bertz CT molecular complexity index is 2270. The van der Waals surface area contributed by atoms with Gasteiger partial charge in [0, 0.05) is 6.42 Å². The van der Waals surface area contributed by atoms with Crippen LogP contribution in [0.5, 0.6) is 0 Å². The van der Waals surface area contributed by atoms with E-state index in [4.69, 9.17) is 73.0 Å². The van der Waals surface area contributed by atoms with Crippen LogP contribution >= 0.6 is 0 Å². The summed E-state index contributed by atoms with van der Waals surface area (Å²) >= 11 is 0. The Hall–Kier alpha value is -3.03. The average Bonchev–Trinajstić information content (AvgIpc) is 0.910. The predicted octanol–water partition coefficient (Wildman–Crippen LogP) is -17.6. The number of hydrogen-bond donors (Lipinski definition) is 26. The van der Waals surface area contributed by atoms with E-state index in [0.29, 0.717) is 0 Å². The van der Waals surface area contributed by atoms with Gasteiger partial charge in [0.1, 0.15) is 153 Å². The predicted molar refractivity (Wildman–Crippen MR) is 260 cm³/mol. The molecule has 7 heterocycles. The van der Waals surface area contributed by atoms with Crippen molar-refractivity contribution in [1.82, 2.24) is 0 Å². The van der Waals surface area contributed by atoms with Crippen molar-refractivity contribution >= 4 is 17.9 Å². The van der Waals surface area contributed by atoms with Crippen LogP contribution in [0.2, 0.25) is 0 Å². The summed E-state index contributed by atoms with van der Waals surface area (Å²) in [5, 5.41) is 258. The van der Waals surface area contributed by atoms with Gasteiger partial charge in [-0.25, -0.2) is 14.4 Å². The van der Waals surface area contributed by atoms with Crippen molar-refractivity contribution in [2.75, 3.05) is 33.0 Å². The number of ether oxygens (including phenoxy) is 13. The molecule has 0 aliphatic carbocycles. The van der Waals surface area contributed by atoms with Gasteiger partial charge in [0.25, 0.3) is 5.79 Å². The van der Waals surface area contributed by atoms with Crippen LogP contribution < -0.4 is 11.5 Å². The molecule has 0 aromatic carbocycles. The Kier molecular flexibility index (Phi) is 24.6. The molecule has 7 saturated heterocycles. The maximum absolute atomic E-state index is 12.5. The summed E-state index contributed by atoms with van der Waals surface area (Å²) in [6.45, 7) is -5.78. The van der Waals surface area contributed by atoms with Crippen molar-refractivity contribution in [3.63, 3.8) is 0 Å². The first-order valence-electron chi connectivity index (χ1n) is 27.0. The van der Waals surface area contributed by atoms with E-state index in [-0.39, 0.29) is 0 Å². The number of carbonyl (C=O) groups is 3. The Labute approximate surface area is 493 Å². The number of aliphatic hydroxyl groups excluding tert-OH is 20. The first kappa shape index (κ1) is 72.4. The first-order valence-corrected chi connectivity index (χ1v) is 27.0. The third kappa shape index (κ3) is 15.0. The molecule has 7 fully saturated rings. The van der Waals surface area contributed by atoms with Crippen molar-refractivity contribution in [3.8, 4) is 0 Å². The monoisotopic (exact) mass is 1300 g/mol. The molecular formula is C46H76N2O40. The Balaban J connectivity index is 1.29. The molecule has 510 valence electrons. The maximum Gasteiger partial charge on any atom is 0.364 e. The minimum absolute atomic E-state index is 0.907. The molecule has 0 spiro atoms. The van der Waals surface area contributed by atoms with Crippen LogP contribution in [0.1, 0.15) is 6.42 Å². The highest BCUT2D eigenvalue weighted by molar-refractivity contribution is 5.75. The zero-order chi connectivity index (χ0) is 65.5. The molecule has 42 heteroatoms. The number of aliphatic hydroxyl groups is 21. The zero-order valence-corrected chi connectivity index (χ0v) is 45.4. The maximum atomic E-state index is 12.5. The Morgan fingerprint density at radius 1 is 0.443 bits per heavy atom. The highest BCUT2D eigenvalue weighted by Crippen LogP contribution is 2.40. The third-order valence-corrected chi connectivity index (χ3v) is 15.8. The van der Waals surface area contributed by atoms with E-state index < -0.39 is 284 Å². The smallest absolute Gasteiger partial charge is 0.364 e. The van der Waals surface area contributed by atoms with Crippen molar-refractivity contribution in [3.05, 3.63) is 0 Å². The fraction of sp³-hybridized carbons (Fsp3) is 0.935. The largest absolute Gasteiger partial charge is 0.479 e. The summed E-state index contributed by atoms with van der Waals surface area (Å²) in [7, 11) is 0. The van der Waals surface area contributed by atoms with Gasteiger partial charge in [-0.3, -0.25) is 0 Å². The SMILES string of the molecule is NC1[C@H](OCC(O)C2O[C@H](OC3[C@@H](O[C@@H]4OC(CO[C@@H]5OC(C(=O)O)[C@H](O)[C@H](O)C5N)[C@@H](O)[C@H](O)C4O)C(C(O)CO)O[C@H](O[C@@H]4C(C(O)CO)O[C@@](O)(C(=O)O)C[C@H]4O)[C@H]3O)C(O[C@@H]3OC(C(=O)O)[C@@H](O)[C@H](O)C3O)[C@@H](O)[C@@H]2O)OC(CO)[C@@H](O)[C@@H]1O. The quantitative estimate of drug-likeness (QED) is 0.0452. The van der Waals surface area contributed by atoms with Gasteiger partial charge in [-0.15, -0.1) is 0 Å². The minimum Gasteiger partial charge on any atom is -0.479 e. The molecule has 7 aliphatic rings. The molecule has 88 heavy (non-hydrogen) atoms. The van der Waals surface area contributed by atoms with Gasteiger partial charge in [-0.1, -0.05) is 0 Å². The van der Waals surface area contributed by atoms with Crippen LogP contribution in [-0.4, -0.2) is 400 Å². The fourth-order valence-corrected chi connectivity index (χ4v) is 10.7. The van der Waals surface area contributed by atoms with E-state index in [1.165, 1.54) is 0 Å². The summed E-state index contributed by atoms with van der Waals surface area (Å²) in [6, 6.07) is -3.32. The number of carboxylic acid groups (broad SMARTS) is 3. The fourth-order valence-electron chi connectivity index (χ4n) is 10.7. The molecule has 0 bridgehead atoms. The van der Waals surface area contributed by atoms with Gasteiger partial charge in [0.2, 0.25) is 0 Å². The number of hydrogen-bond acceptors (Lipinski definition) is 39. The first-order chi connectivity index (χ1) is 41.2. The highest BCUT2D eigenvalue weighted by Gasteiger charge is 2.61. The summed E-state index contributed by atoms with van der Waals surface area (Å²) in [6.07, 6.45) is -79.5. The molecule has 0 amide bonds. The summed E-state index contributed by atoms with van der Waals surface area (Å²) < 4.78 is 73.3. The zero-order valence-electron chi connectivity index (χ0n) is 45.4. The molecule has 7 rings (SSSR count). The molecule has 16 unspecified atom stereocenters. The minimum atomic E-state index is -3.31. The lowest BCUT2D eigenvalue weighted by Gasteiger charge is -2.52. The van der Waals surface area contributed by atoms with Gasteiger partial charge in [0.05, 0.1) is 51.2 Å². The van der Waals surface area contributed by atoms with E-state index in [2.05, 4.69) is 0 Å². The molecule has 28 N–H and O–H groups in total. The molecule has 0 radical (unpaired) electrons. The van der Waals surface area contributed by atoms with E-state index in [1.807, 2.05) is 0 Å². The molecule has 37 atom stereocenters. The molecule has 0 aromatic rings. The van der Waals surface area contributed by atoms with Crippen molar-refractivity contribution in [2.45, 2.75) is 233 Å². The lowest BCUT2D eigenvalue weighted by Crippen LogP contribution is -2.70. The van der Waals surface area contributed by atoms with Crippen LogP contribution in [0, 0.1) is 0 Å². The molecule has 0 aromatic heterocycles. The molecule has 42 nitrogen and oxygen atoms in total. The summed E-state index contributed by atoms with van der Waals surface area (Å²) in [4.78, 5) is 36.0. The van der Waals surface area contributed by atoms with Gasteiger partial charge in [-0.05, 0) is 0 Å². The average molecular weight is 1300 g/mol. The van der Waals surface area contributed by atoms with Crippen LogP contribution in [0.3, 0.4) is 0 Å². The lowest BCUT2D eigenvalue weighted by atomic mass is 9.91. The second-order valence-corrected chi connectivity index (χ2v) is 21.8. The highest BCUT2D eigenvalue weighted by atomic mass is 16.8. The molecular weight excluding hydrogens is 1220 g/mol. The molecule has 0 saturated carbocycles. The lowest BCUT2D eigenvalue weighted by molar-refractivity contribution is -0.414. The van der Waals surface area contributed by atoms with Gasteiger partial charge >= 0.3 is 17.9 Å². The van der Waals surface area contributed by atoms with Crippen LogP contribution in [0.15, 0.2) is 0 Å². The van der Waals surface area contributed by atoms with Crippen molar-refractivity contribution in [1.29, 1.82) is 0 Å². The van der Waals surface area contributed by atoms with Crippen LogP contribution in [-0.2, 0) is 76.0 Å². The van der Waals surface area contributed by atoms with Gasteiger partial charge < -0.3 is 196 Å². The van der Waals surface area contributed by atoms with E-state index in [9.17, 15) is 137 Å². The number of nitrogens with two attached hydrogens (primary N) is 2. The van der Waals surface area contributed by atoms with Crippen LogP contribution in [0.25, 0.3) is 0 Å². The van der Waals surface area contributed by atoms with E-state index in [1.54, 1.807) is 0 Å². The topological polar surface area (TPSA) is 709 Å². The Morgan fingerprint density at radius 3 is 1.47 bits per heavy atom. The second-order valence-electron chi connectivity index (χ2n) is 21.8. The molecule has 7 aliphatic heterocycles. The second kappa shape index (κ2) is 29.9. The number of rotatable bonds is 23. The number of aliphatic carboxylic acids is 3. The van der Waals surface area contributed by atoms with Crippen molar-refractivity contribution in [2.24, 2.45) is 11.5 Å². The van der Waals surface area contributed by atoms with E-state index in [0.717, 1.165) is 0 Å². The normalized spacial score (nSPS) is 49.7. The third-order valence-electron chi connectivity index (χ3n) is 15.8. The van der Waals surface area contributed by atoms with Gasteiger partial charge in [-0.2, -0.15) is 0 Å². The van der Waals surface area contributed by atoms with Gasteiger partial charge in [0.15, 0.2) is 49.9 Å². The van der Waals surface area contributed by atoms with Crippen LogP contribution in [0.4, 0.5) is 0 Å². The Morgan fingerprint density at radius 2 is 0.898 bits per heavy atom. The van der Waals surface area contributed by atoms with Crippen molar-refractivity contribution < 1.29 is 199 Å². The summed E-state index contributed by atoms with van der Waals surface area (Å²) in [5.74, 6) is -9.22.